The highest BCUT2D eigenvalue weighted by Crippen LogP contribution is 2.24. The van der Waals surface area contributed by atoms with Crippen LogP contribution in [0.5, 0.6) is 0 Å². The molecule has 26 heavy (non-hydrogen) atoms. The molecule has 7 nitrogen and oxygen atoms in total. The maximum absolute atomic E-state index is 12.4. The molecule has 1 aliphatic heterocycles. The molecule has 0 saturated heterocycles. The van der Waals surface area contributed by atoms with Crippen LogP contribution in [0.2, 0.25) is 0 Å². The van der Waals surface area contributed by atoms with E-state index in [1.165, 1.54) is 4.90 Å². The number of imide groups is 1. The number of carbonyl (C=O) groups is 3. The van der Waals surface area contributed by atoms with Crippen LogP contribution in [0.15, 0.2) is 30.6 Å². The summed E-state index contributed by atoms with van der Waals surface area (Å²) in [6.07, 6.45) is 4.32. The summed E-state index contributed by atoms with van der Waals surface area (Å²) in [6, 6.07) is 5.25. The van der Waals surface area contributed by atoms with Crippen molar-refractivity contribution in [3.05, 3.63) is 52.8 Å². The van der Waals surface area contributed by atoms with Crippen LogP contribution in [0.25, 0.3) is 0 Å². The number of amides is 3. The van der Waals surface area contributed by atoms with Crippen LogP contribution in [0.1, 0.15) is 44.7 Å². The molecule has 0 spiro atoms. The molecule has 2 aromatic rings. The van der Waals surface area contributed by atoms with Gasteiger partial charge in [-0.15, -0.1) is 0 Å². The lowest BCUT2D eigenvalue weighted by Crippen LogP contribution is -2.32. The zero-order valence-corrected chi connectivity index (χ0v) is 15.2. The summed E-state index contributed by atoms with van der Waals surface area (Å²) in [5, 5.41) is 4.08. The molecule has 7 heteroatoms. The maximum atomic E-state index is 12.4. The standard InChI is InChI=1S/C19H22N4O3/c1-13-6-7-15-16(9-13)19(26)23(18(15)25)8-4-5-17(24)21(2)11-14-10-20-22(3)12-14/h6-7,9-10,12H,4-5,8,11H2,1-3H3. The summed E-state index contributed by atoms with van der Waals surface area (Å²) in [5.41, 5.74) is 2.80. The van der Waals surface area contributed by atoms with Crippen molar-refractivity contribution < 1.29 is 14.4 Å². The van der Waals surface area contributed by atoms with Gasteiger partial charge in [0.25, 0.3) is 11.8 Å². The molecule has 1 aromatic carbocycles. The van der Waals surface area contributed by atoms with Crippen LogP contribution in [0.4, 0.5) is 0 Å². The smallest absolute Gasteiger partial charge is 0.261 e. The minimum absolute atomic E-state index is 0.0266. The van der Waals surface area contributed by atoms with Crippen LogP contribution in [-0.2, 0) is 18.4 Å². The molecule has 1 aromatic heterocycles. The molecule has 3 rings (SSSR count). The Kier molecular flexibility index (Phi) is 4.88. The molecule has 2 heterocycles. The molecule has 0 fully saturated rings. The van der Waals surface area contributed by atoms with Crippen molar-refractivity contribution in [2.75, 3.05) is 13.6 Å². The van der Waals surface area contributed by atoms with E-state index in [0.717, 1.165) is 11.1 Å². The fourth-order valence-electron chi connectivity index (χ4n) is 3.10. The van der Waals surface area contributed by atoms with E-state index in [0.29, 0.717) is 24.1 Å². The zero-order chi connectivity index (χ0) is 18.8. The molecular formula is C19H22N4O3. The Morgan fingerprint density at radius 1 is 1.19 bits per heavy atom. The molecular weight excluding hydrogens is 332 g/mol. The fourth-order valence-corrected chi connectivity index (χ4v) is 3.10. The quantitative estimate of drug-likeness (QED) is 0.741. The molecule has 0 N–H and O–H groups in total. The lowest BCUT2D eigenvalue weighted by molar-refractivity contribution is -0.130. The Morgan fingerprint density at radius 3 is 2.62 bits per heavy atom. The van der Waals surface area contributed by atoms with E-state index in [9.17, 15) is 14.4 Å². The van der Waals surface area contributed by atoms with Gasteiger partial charge in [-0.05, 0) is 25.5 Å². The van der Waals surface area contributed by atoms with Gasteiger partial charge in [0.05, 0.1) is 17.3 Å². The summed E-state index contributed by atoms with van der Waals surface area (Å²) in [7, 11) is 3.56. The number of benzene rings is 1. The van der Waals surface area contributed by atoms with Gasteiger partial charge in [0, 0.05) is 45.4 Å². The molecule has 0 radical (unpaired) electrons. The van der Waals surface area contributed by atoms with Crippen molar-refractivity contribution in [3.63, 3.8) is 0 Å². The molecule has 0 atom stereocenters. The van der Waals surface area contributed by atoms with E-state index < -0.39 is 0 Å². The van der Waals surface area contributed by atoms with E-state index in [1.807, 2.05) is 26.2 Å². The minimum atomic E-state index is -0.277. The van der Waals surface area contributed by atoms with Crippen molar-refractivity contribution in [3.8, 4) is 0 Å². The monoisotopic (exact) mass is 354 g/mol. The number of aromatic nitrogens is 2. The first-order valence-electron chi connectivity index (χ1n) is 8.55. The van der Waals surface area contributed by atoms with Crippen LogP contribution in [-0.4, -0.2) is 50.9 Å². The Labute approximate surface area is 152 Å². The Morgan fingerprint density at radius 2 is 1.92 bits per heavy atom. The minimum Gasteiger partial charge on any atom is -0.341 e. The second kappa shape index (κ2) is 7.11. The highest BCUT2D eigenvalue weighted by atomic mass is 16.2. The Balaban J connectivity index is 1.52. The predicted molar refractivity (Wildman–Crippen MR) is 95.5 cm³/mol. The number of hydrogen-bond acceptors (Lipinski definition) is 4. The number of hydrogen-bond donors (Lipinski definition) is 0. The van der Waals surface area contributed by atoms with Crippen LogP contribution < -0.4 is 0 Å². The first-order valence-corrected chi connectivity index (χ1v) is 8.55. The second-order valence-corrected chi connectivity index (χ2v) is 6.69. The zero-order valence-electron chi connectivity index (χ0n) is 15.2. The first kappa shape index (κ1) is 17.8. The molecule has 3 amide bonds. The van der Waals surface area contributed by atoms with E-state index in [4.69, 9.17) is 0 Å². The normalized spacial score (nSPS) is 13.3. The number of carbonyl (C=O) groups excluding carboxylic acids is 3. The third kappa shape index (κ3) is 3.51. The molecule has 0 saturated carbocycles. The average molecular weight is 354 g/mol. The van der Waals surface area contributed by atoms with Crippen LogP contribution >= 0.6 is 0 Å². The van der Waals surface area contributed by atoms with Gasteiger partial charge in [-0.1, -0.05) is 11.6 Å². The van der Waals surface area contributed by atoms with Gasteiger partial charge in [0.1, 0.15) is 0 Å². The maximum Gasteiger partial charge on any atom is 0.261 e. The average Bonchev–Trinajstić information content (AvgIpc) is 3.10. The third-order valence-electron chi connectivity index (χ3n) is 4.50. The summed E-state index contributed by atoms with van der Waals surface area (Å²) < 4.78 is 1.69. The van der Waals surface area contributed by atoms with E-state index in [1.54, 1.807) is 35.0 Å². The number of nitrogens with zero attached hydrogens (tertiary/aromatic N) is 4. The van der Waals surface area contributed by atoms with Crippen molar-refractivity contribution in [1.82, 2.24) is 19.6 Å². The summed E-state index contributed by atoms with van der Waals surface area (Å²) in [6.45, 7) is 2.62. The summed E-state index contributed by atoms with van der Waals surface area (Å²) in [5.74, 6) is -0.577. The van der Waals surface area contributed by atoms with Crippen molar-refractivity contribution >= 4 is 17.7 Å². The van der Waals surface area contributed by atoms with E-state index in [-0.39, 0.29) is 30.7 Å². The second-order valence-electron chi connectivity index (χ2n) is 6.69. The van der Waals surface area contributed by atoms with Crippen molar-refractivity contribution in [2.45, 2.75) is 26.3 Å². The highest BCUT2D eigenvalue weighted by Gasteiger charge is 2.35. The summed E-state index contributed by atoms with van der Waals surface area (Å²) >= 11 is 0. The Bertz CT molecular complexity index is 871. The number of rotatable bonds is 6. The first-order chi connectivity index (χ1) is 12.4. The molecule has 136 valence electrons. The van der Waals surface area contributed by atoms with Gasteiger partial charge in [-0.2, -0.15) is 5.10 Å². The SMILES string of the molecule is Cc1ccc2c(c1)C(=O)N(CCCC(=O)N(C)Cc1cnn(C)c1)C2=O. The van der Waals surface area contributed by atoms with Gasteiger partial charge in [0.15, 0.2) is 0 Å². The largest absolute Gasteiger partial charge is 0.341 e. The van der Waals surface area contributed by atoms with Gasteiger partial charge in [0.2, 0.25) is 5.91 Å². The molecule has 0 bridgehead atoms. The van der Waals surface area contributed by atoms with Crippen molar-refractivity contribution in [2.24, 2.45) is 7.05 Å². The summed E-state index contributed by atoms with van der Waals surface area (Å²) in [4.78, 5) is 39.9. The van der Waals surface area contributed by atoms with E-state index in [2.05, 4.69) is 5.10 Å². The molecule has 1 aliphatic rings. The van der Waals surface area contributed by atoms with Gasteiger partial charge in [-0.25, -0.2) is 0 Å². The van der Waals surface area contributed by atoms with Crippen LogP contribution in [0.3, 0.4) is 0 Å². The van der Waals surface area contributed by atoms with Crippen LogP contribution in [0, 0.1) is 6.92 Å². The number of fused-ring (bicyclic) bond motifs is 1. The number of aryl methyl sites for hydroxylation is 2. The van der Waals surface area contributed by atoms with Gasteiger partial charge < -0.3 is 4.90 Å². The Hall–Kier alpha value is -2.96. The predicted octanol–water partition coefficient (Wildman–Crippen LogP) is 1.76. The third-order valence-corrected chi connectivity index (χ3v) is 4.50. The highest BCUT2D eigenvalue weighted by molar-refractivity contribution is 6.21. The van der Waals surface area contributed by atoms with Gasteiger partial charge >= 0.3 is 0 Å². The lowest BCUT2D eigenvalue weighted by Gasteiger charge is -2.18. The van der Waals surface area contributed by atoms with Crippen molar-refractivity contribution in [1.29, 1.82) is 0 Å². The molecule has 0 aliphatic carbocycles. The van der Waals surface area contributed by atoms with E-state index >= 15 is 0 Å². The molecule has 0 unspecified atom stereocenters. The topological polar surface area (TPSA) is 75.5 Å². The van der Waals surface area contributed by atoms with Gasteiger partial charge in [-0.3, -0.25) is 24.0 Å². The lowest BCUT2D eigenvalue weighted by atomic mass is 10.1. The fraction of sp³-hybridized carbons (Fsp3) is 0.368.